The molecule has 0 unspecified atom stereocenters. The van der Waals surface area contributed by atoms with Gasteiger partial charge in [-0.1, -0.05) is 0 Å². The maximum atomic E-state index is 8.33. The summed E-state index contributed by atoms with van der Waals surface area (Å²) in [7, 11) is 0. The molecule has 11 heavy (non-hydrogen) atoms. The number of carbonyl (C=O) groups is 1. The van der Waals surface area contributed by atoms with Crippen molar-refractivity contribution in [1.29, 1.82) is 0 Å². The van der Waals surface area contributed by atoms with Gasteiger partial charge < -0.3 is 19.4 Å². The van der Waals surface area contributed by atoms with Gasteiger partial charge >= 0.3 is 103 Å². The molecule has 0 N–H and O–H groups in total. The summed E-state index contributed by atoms with van der Waals surface area (Å²) in [5.41, 5.74) is 0. The van der Waals surface area contributed by atoms with Crippen LogP contribution in [0.1, 0.15) is 0 Å². The van der Waals surface area contributed by atoms with Gasteiger partial charge in [-0.3, -0.25) is 0 Å². The van der Waals surface area contributed by atoms with Gasteiger partial charge in [0.25, 0.3) is 0 Å². The summed E-state index contributed by atoms with van der Waals surface area (Å²) >= 11 is 0. The molecular weight excluding hydrogens is 204 g/mol. The number of nitrogens with zero attached hydrogens (tertiary/aromatic N) is 1. The molecule has 1 rings (SSSR count). The third-order valence-corrected chi connectivity index (χ3v) is 0.347. The number of rotatable bonds is 0. The summed E-state index contributed by atoms with van der Waals surface area (Å²) in [5.74, 6) is 0. The van der Waals surface area contributed by atoms with Gasteiger partial charge in [0.1, 0.15) is 6.26 Å². The zero-order chi connectivity index (χ0) is 7.11. The molecule has 0 aliphatic rings. The zero-order valence-electron chi connectivity index (χ0n) is 6.31. The van der Waals surface area contributed by atoms with Crippen molar-refractivity contribution in [2.75, 3.05) is 0 Å². The summed E-state index contributed by atoms with van der Waals surface area (Å²) in [6.45, 7) is 0. The number of oxazole rings is 1. The van der Waals surface area contributed by atoms with Crippen LogP contribution < -0.4 is 113 Å². The van der Waals surface area contributed by atoms with E-state index in [9.17, 15) is 0 Å². The fourth-order valence-electron chi connectivity index (χ4n) is 0.176. The molecule has 1 heterocycles. The summed E-state index contributed by atoms with van der Waals surface area (Å²) in [6.07, 6.45) is 2.14. The quantitative estimate of drug-likeness (QED) is 0.394. The molecule has 50 valence electrons. The van der Waals surface area contributed by atoms with Gasteiger partial charge in [0.05, 0.1) is 6.20 Å². The van der Waals surface area contributed by atoms with Gasteiger partial charge in [-0.2, -0.15) is 0 Å². The van der Waals surface area contributed by atoms with Crippen LogP contribution in [0.4, 0.5) is 4.79 Å². The molecule has 0 aliphatic carbocycles. The van der Waals surface area contributed by atoms with Crippen LogP contribution in [0, 0.1) is 0 Å². The van der Waals surface area contributed by atoms with Crippen LogP contribution >= 0.6 is 0 Å². The average molecular weight is 207 g/mol. The molecule has 0 atom stereocenters. The summed E-state index contributed by atoms with van der Waals surface area (Å²) in [4.78, 5) is 11.9. The van der Waals surface area contributed by atoms with E-state index in [0.717, 1.165) is 0 Å². The van der Waals surface area contributed by atoms with Crippen molar-refractivity contribution in [1.82, 2.24) is 4.98 Å². The van der Waals surface area contributed by atoms with Gasteiger partial charge in [-0.25, -0.2) is 4.98 Å². The average Bonchev–Trinajstić information content (AvgIpc) is 2.11. The van der Waals surface area contributed by atoms with Gasteiger partial charge in [0.2, 0.25) is 0 Å². The Hall–Kier alpha value is 1.75. The Labute approximate surface area is 148 Å². The third kappa shape index (κ3) is 24.5. The molecule has 0 radical (unpaired) electrons. The molecule has 0 aromatic carbocycles. The molecule has 5 nitrogen and oxygen atoms in total. The van der Waals surface area contributed by atoms with Crippen LogP contribution in [0.5, 0.6) is 0 Å². The Bertz CT molecular complexity index is 134. The molecule has 0 saturated heterocycles. The van der Waals surface area contributed by atoms with E-state index in [1.807, 2.05) is 0 Å². The zero-order valence-corrected chi connectivity index (χ0v) is 12.6. The summed E-state index contributed by atoms with van der Waals surface area (Å²) < 4.78 is 4.47. The van der Waals surface area contributed by atoms with Crippen molar-refractivity contribution in [3.63, 3.8) is 0 Å². The van der Waals surface area contributed by atoms with Crippen LogP contribution in [0.3, 0.4) is 0 Å². The van der Waals surface area contributed by atoms with Gasteiger partial charge in [-0.15, -0.1) is 0 Å². The van der Waals surface area contributed by atoms with E-state index >= 15 is 0 Å². The standard InChI is InChI=1S/C3H3NO.CH2O3.2K/c1-2-5-3-4-1;2-1(3)4;;/h1-3H;(H2,2,3,4);;/q;;2*+1/p-2. The topological polar surface area (TPSA) is 89.2 Å². The minimum absolute atomic E-state index is 0. The number of aromatic nitrogens is 1. The third-order valence-electron chi connectivity index (χ3n) is 0.347. The molecular formula is C4H3K2NO4. The van der Waals surface area contributed by atoms with E-state index in [1.54, 1.807) is 6.20 Å². The monoisotopic (exact) mass is 207 g/mol. The van der Waals surface area contributed by atoms with Crippen LogP contribution in [0.15, 0.2) is 23.3 Å². The molecule has 0 saturated carbocycles. The fraction of sp³-hybridized carbons (Fsp3) is 0. The van der Waals surface area contributed by atoms with Crippen LogP contribution in [-0.2, 0) is 0 Å². The first kappa shape index (κ1) is 18.5. The minimum atomic E-state index is -2.33. The summed E-state index contributed by atoms with van der Waals surface area (Å²) in [6, 6.07) is 0. The van der Waals surface area contributed by atoms with E-state index in [4.69, 9.17) is 15.0 Å². The van der Waals surface area contributed by atoms with E-state index in [1.165, 1.54) is 12.7 Å². The normalized spacial score (nSPS) is 5.82. The first-order valence-corrected chi connectivity index (χ1v) is 1.93. The second-order valence-electron chi connectivity index (χ2n) is 0.926. The van der Waals surface area contributed by atoms with E-state index in [2.05, 4.69) is 9.40 Å². The fourth-order valence-corrected chi connectivity index (χ4v) is 0.176. The Morgan fingerprint density at radius 2 is 1.82 bits per heavy atom. The molecule has 0 amide bonds. The molecule has 1 aromatic heterocycles. The Kier molecular flexibility index (Phi) is 24.1. The minimum Gasteiger partial charge on any atom is -0.652 e. The van der Waals surface area contributed by atoms with E-state index in [-0.39, 0.29) is 103 Å². The second-order valence-corrected chi connectivity index (χ2v) is 0.926. The Morgan fingerprint density at radius 3 is 1.91 bits per heavy atom. The molecule has 7 heteroatoms. The smallest absolute Gasteiger partial charge is 0.652 e. The van der Waals surface area contributed by atoms with Crippen LogP contribution in [0.2, 0.25) is 0 Å². The van der Waals surface area contributed by atoms with Crippen molar-refractivity contribution in [3.8, 4) is 0 Å². The number of hydrogen-bond donors (Lipinski definition) is 0. The maximum Gasteiger partial charge on any atom is 1.00 e. The molecule has 0 bridgehead atoms. The predicted molar refractivity (Wildman–Crippen MR) is 21.9 cm³/mol. The van der Waals surface area contributed by atoms with Crippen LogP contribution in [-0.4, -0.2) is 11.1 Å². The predicted octanol–water partition coefficient (Wildman–Crippen LogP) is -7.76. The Balaban J connectivity index is -0.000000101. The maximum absolute atomic E-state index is 8.33. The number of carboxylic acid groups (broad SMARTS) is 2. The van der Waals surface area contributed by atoms with Crippen molar-refractivity contribution >= 4 is 6.16 Å². The first-order valence-electron chi connectivity index (χ1n) is 1.93. The largest absolute Gasteiger partial charge is 1.00 e. The van der Waals surface area contributed by atoms with E-state index < -0.39 is 6.16 Å². The second kappa shape index (κ2) is 14.3. The number of hydrogen-bond acceptors (Lipinski definition) is 5. The van der Waals surface area contributed by atoms with Gasteiger partial charge in [0.15, 0.2) is 6.39 Å². The SMILES string of the molecule is O=C([O-])[O-].[K+].[K+].c1cocn1. The van der Waals surface area contributed by atoms with Gasteiger partial charge in [-0.05, 0) is 6.16 Å². The van der Waals surface area contributed by atoms with Crippen molar-refractivity contribution in [3.05, 3.63) is 18.9 Å². The van der Waals surface area contributed by atoms with E-state index in [0.29, 0.717) is 0 Å². The molecule has 0 spiro atoms. The summed E-state index contributed by atoms with van der Waals surface area (Å²) in [5, 5.41) is 16.7. The van der Waals surface area contributed by atoms with Crippen molar-refractivity contribution in [2.45, 2.75) is 0 Å². The number of carbonyl (C=O) groups excluding carboxylic acids is 1. The Morgan fingerprint density at radius 1 is 1.36 bits per heavy atom. The van der Waals surface area contributed by atoms with Gasteiger partial charge in [0, 0.05) is 0 Å². The van der Waals surface area contributed by atoms with Crippen molar-refractivity contribution < 1.29 is 122 Å². The first-order chi connectivity index (χ1) is 4.23. The molecule has 0 fully saturated rings. The molecule has 1 aromatic rings. The van der Waals surface area contributed by atoms with Crippen LogP contribution in [0.25, 0.3) is 0 Å². The van der Waals surface area contributed by atoms with Crippen molar-refractivity contribution in [2.24, 2.45) is 0 Å². The molecule has 0 aliphatic heterocycles.